The van der Waals surface area contributed by atoms with Crippen molar-refractivity contribution in [2.75, 3.05) is 4.90 Å². The Morgan fingerprint density at radius 2 is 1.71 bits per heavy atom. The number of carbonyl (C=O) groups excluding carboxylic acids is 1. The van der Waals surface area contributed by atoms with Gasteiger partial charge in [-0.1, -0.05) is 77.6 Å². The minimum Gasteiger partial charge on any atom is -0.283 e. The summed E-state index contributed by atoms with van der Waals surface area (Å²) in [5, 5.41) is 0.515. The Hall–Kier alpha value is -3.05. The van der Waals surface area contributed by atoms with Crippen molar-refractivity contribution < 1.29 is 9.18 Å². The van der Waals surface area contributed by atoms with Crippen molar-refractivity contribution in [3.8, 4) is 0 Å². The van der Waals surface area contributed by atoms with E-state index in [1.54, 1.807) is 11.0 Å². The van der Waals surface area contributed by atoms with Gasteiger partial charge < -0.3 is 0 Å². The van der Waals surface area contributed by atoms with E-state index in [0.29, 0.717) is 17.2 Å². The first kappa shape index (κ1) is 18.3. The number of halogens is 1. The van der Waals surface area contributed by atoms with Crippen LogP contribution in [-0.4, -0.2) is 10.9 Å². The van der Waals surface area contributed by atoms with Crippen molar-refractivity contribution in [2.24, 2.45) is 0 Å². The largest absolute Gasteiger partial charge is 0.283 e. The summed E-state index contributed by atoms with van der Waals surface area (Å²) >= 11 is 1.33. The van der Waals surface area contributed by atoms with Gasteiger partial charge >= 0.3 is 0 Å². The van der Waals surface area contributed by atoms with Crippen LogP contribution in [0.25, 0.3) is 10.2 Å². The molecule has 0 spiro atoms. The average molecular weight is 390 g/mol. The third-order valence-corrected chi connectivity index (χ3v) is 5.59. The maximum atomic E-state index is 14.1. The van der Waals surface area contributed by atoms with Gasteiger partial charge in [0.1, 0.15) is 11.3 Å². The van der Waals surface area contributed by atoms with Crippen LogP contribution in [0.3, 0.4) is 0 Å². The molecule has 0 saturated heterocycles. The fourth-order valence-corrected chi connectivity index (χ4v) is 4.02. The molecule has 4 rings (SSSR count). The topological polar surface area (TPSA) is 33.2 Å². The highest BCUT2D eigenvalue weighted by Crippen LogP contribution is 2.31. The van der Waals surface area contributed by atoms with Crippen molar-refractivity contribution in [1.29, 1.82) is 0 Å². The normalized spacial score (nSPS) is 10.9. The van der Waals surface area contributed by atoms with Crippen LogP contribution in [0, 0.1) is 12.7 Å². The number of carbonyl (C=O) groups is 1. The smallest absolute Gasteiger partial charge is 0.233 e. The van der Waals surface area contributed by atoms with Crippen LogP contribution in [0.2, 0.25) is 0 Å². The van der Waals surface area contributed by atoms with Gasteiger partial charge in [-0.15, -0.1) is 0 Å². The highest BCUT2D eigenvalue weighted by atomic mass is 32.1. The van der Waals surface area contributed by atoms with Gasteiger partial charge in [0.2, 0.25) is 5.91 Å². The van der Waals surface area contributed by atoms with E-state index in [1.807, 2.05) is 67.6 Å². The van der Waals surface area contributed by atoms with Gasteiger partial charge in [-0.05, 0) is 30.2 Å². The number of amides is 1. The minimum absolute atomic E-state index is 0.0628. The van der Waals surface area contributed by atoms with Crippen LogP contribution in [0.15, 0.2) is 72.8 Å². The van der Waals surface area contributed by atoms with Crippen LogP contribution >= 0.6 is 11.3 Å². The SMILES string of the molecule is Cc1ccc(CC(=O)N(Cc2ccccc2)c2nc3c(F)cccc3s2)cc1. The molecule has 0 aliphatic carbocycles. The lowest BCUT2D eigenvalue weighted by Crippen LogP contribution is -2.31. The van der Waals surface area contributed by atoms with Gasteiger partial charge in [0.15, 0.2) is 5.13 Å². The van der Waals surface area contributed by atoms with Crippen molar-refractivity contribution in [2.45, 2.75) is 19.9 Å². The molecule has 0 N–H and O–H groups in total. The van der Waals surface area contributed by atoms with Crippen molar-refractivity contribution in [1.82, 2.24) is 4.98 Å². The molecule has 4 aromatic rings. The summed E-state index contributed by atoms with van der Waals surface area (Å²) in [4.78, 5) is 19.2. The lowest BCUT2D eigenvalue weighted by molar-refractivity contribution is -0.118. The molecular formula is C23H19FN2OS. The molecule has 1 amide bonds. The van der Waals surface area contributed by atoms with Gasteiger partial charge in [0.05, 0.1) is 17.7 Å². The molecule has 5 heteroatoms. The van der Waals surface area contributed by atoms with Crippen LogP contribution in [0.5, 0.6) is 0 Å². The molecule has 0 saturated carbocycles. The number of hydrogen-bond acceptors (Lipinski definition) is 3. The number of para-hydroxylation sites is 1. The Labute approximate surface area is 167 Å². The molecule has 0 fully saturated rings. The Balaban J connectivity index is 1.69. The Kier molecular flexibility index (Phi) is 5.17. The summed E-state index contributed by atoms with van der Waals surface area (Å²) < 4.78 is 14.8. The Morgan fingerprint density at radius 3 is 2.43 bits per heavy atom. The molecule has 3 aromatic carbocycles. The average Bonchev–Trinajstić information content (AvgIpc) is 3.14. The first-order valence-corrected chi connectivity index (χ1v) is 9.87. The Bertz CT molecular complexity index is 1110. The summed E-state index contributed by atoms with van der Waals surface area (Å²) in [5.41, 5.74) is 3.41. The summed E-state index contributed by atoms with van der Waals surface area (Å²) in [6.07, 6.45) is 0.269. The minimum atomic E-state index is -0.370. The van der Waals surface area contributed by atoms with Gasteiger partial charge in [-0.3, -0.25) is 9.69 Å². The number of hydrogen-bond donors (Lipinski definition) is 0. The molecule has 1 aromatic heterocycles. The monoisotopic (exact) mass is 390 g/mol. The summed E-state index contributed by atoms with van der Waals surface area (Å²) in [6.45, 7) is 2.41. The summed E-state index contributed by atoms with van der Waals surface area (Å²) in [5.74, 6) is -0.433. The van der Waals surface area contributed by atoms with Crippen LogP contribution in [-0.2, 0) is 17.8 Å². The van der Waals surface area contributed by atoms with Crippen molar-refractivity contribution in [3.05, 3.63) is 95.3 Å². The molecule has 1 heterocycles. The second kappa shape index (κ2) is 7.90. The molecule has 3 nitrogen and oxygen atoms in total. The number of thiazole rings is 1. The molecular weight excluding hydrogens is 371 g/mol. The molecule has 0 atom stereocenters. The maximum absolute atomic E-state index is 14.1. The van der Waals surface area contributed by atoms with Crippen molar-refractivity contribution >= 4 is 32.6 Å². The van der Waals surface area contributed by atoms with Gasteiger partial charge in [0.25, 0.3) is 0 Å². The molecule has 140 valence electrons. The molecule has 0 radical (unpaired) electrons. The predicted molar refractivity (Wildman–Crippen MR) is 112 cm³/mol. The van der Waals surface area contributed by atoms with Gasteiger partial charge in [0, 0.05) is 0 Å². The first-order chi connectivity index (χ1) is 13.6. The maximum Gasteiger partial charge on any atom is 0.233 e. The third kappa shape index (κ3) is 3.94. The number of benzene rings is 3. The zero-order valence-corrected chi connectivity index (χ0v) is 16.2. The number of aryl methyl sites for hydroxylation is 1. The third-order valence-electron chi connectivity index (χ3n) is 4.55. The number of rotatable bonds is 5. The molecule has 0 bridgehead atoms. The second-order valence-electron chi connectivity index (χ2n) is 6.71. The van der Waals surface area contributed by atoms with E-state index in [2.05, 4.69) is 4.98 Å². The highest BCUT2D eigenvalue weighted by Gasteiger charge is 2.21. The Morgan fingerprint density at radius 1 is 0.964 bits per heavy atom. The van der Waals surface area contributed by atoms with E-state index in [-0.39, 0.29) is 18.1 Å². The first-order valence-electron chi connectivity index (χ1n) is 9.05. The van der Waals surface area contributed by atoms with E-state index in [1.165, 1.54) is 17.4 Å². The van der Waals surface area contributed by atoms with Gasteiger partial charge in [-0.25, -0.2) is 9.37 Å². The predicted octanol–water partition coefficient (Wildman–Crippen LogP) is 5.52. The number of nitrogens with zero attached hydrogens (tertiary/aromatic N) is 2. The standard InChI is InChI=1S/C23H19FN2OS/c1-16-10-12-17(13-11-16)14-21(27)26(15-18-6-3-2-4-7-18)23-25-22-19(24)8-5-9-20(22)28-23/h2-13H,14-15H2,1H3. The van der Waals surface area contributed by atoms with Crippen LogP contribution in [0.1, 0.15) is 16.7 Å². The fraction of sp³-hybridized carbons (Fsp3) is 0.130. The number of fused-ring (bicyclic) bond motifs is 1. The molecule has 0 aliphatic rings. The summed E-state index contributed by atoms with van der Waals surface area (Å²) in [7, 11) is 0. The highest BCUT2D eigenvalue weighted by molar-refractivity contribution is 7.22. The van der Waals surface area contributed by atoms with E-state index < -0.39 is 0 Å². The van der Waals surface area contributed by atoms with Crippen LogP contribution < -0.4 is 4.90 Å². The summed E-state index contributed by atoms with van der Waals surface area (Å²) in [6, 6.07) is 22.6. The molecule has 28 heavy (non-hydrogen) atoms. The van der Waals surface area contributed by atoms with E-state index >= 15 is 0 Å². The molecule has 0 aliphatic heterocycles. The van der Waals surface area contributed by atoms with Gasteiger partial charge in [-0.2, -0.15) is 0 Å². The lowest BCUT2D eigenvalue weighted by atomic mass is 10.1. The lowest BCUT2D eigenvalue weighted by Gasteiger charge is -2.20. The quantitative estimate of drug-likeness (QED) is 0.450. The number of anilines is 1. The zero-order valence-electron chi connectivity index (χ0n) is 15.4. The molecule has 0 unspecified atom stereocenters. The van der Waals surface area contributed by atoms with E-state index in [9.17, 15) is 9.18 Å². The van der Waals surface area contributed by atoms with E-state index in [4.69, 9.17) is 0 Å². The fourth-order valence-electron chi connectivity index (χ4n) is 3.02. The van der Waals surface area contributed by atoms with Crippen molar-refractivity contribution in [3.63, 3.8) is 0 Å². The van der Waals surface area contributed by atoms with E-state index in [0.717, 1.165) is 21.4 Å². The van der Waals surface area contributed by atoms with Crippen LogP contribution in [0.4, 0.5) is 9.52 Å². The zero-order chi connectivity index (χ0) is 19.5. The second-order valence-corrected chi connectivity index (χ2v) is 7.72. The number of aromatic nitrogens is 1.